The van der Waals surface area contributed by atoms with Gasteiger partial charge in [0.15, 0.2) is 0 Å². The molecule has 1 amide bonds. The van der Waals surface area contributed by atoms with E-state index in [0.29, 0.717) is 12.5 Å². The third-order valence-electron chi connectivity index (χ3n) is 3.68. The van der Waals surface area contributed by atoms with Crippen molar-refractivity contribution in [3.05, 3.63) is 18.2 Å². The van der Waals surface area contributed by atoms with Crippen LogP contribution in [0, 0.1) is 5.92 Å². The van der Waals surface area contributed by atoms with Crippen LogP contribution in [0.2, 0.25) is 0 Å². The average molecular weight is 308 g/mol. The van der Waals surface area contributed by atoms with Crippen LogP contribution >= 0.6 is 0 Å². The van der Waals surface area contributed by atoms with Gasteiger partial charge in [0.25, 0.3) is 0 Å². The number of ether oxygens (including phenoxy) is 1. The molecular formula is C16H28N4O2. The lowest BCUT2D eigenvalue weighted by atomic mass is 10.2. The fourth-order valence-corrected chi connectivity index (χ4v) is 2.43. The van der Waals surface area contributed by atoms with E-state index in [4.69, 9.17) is 4.74 Å². The van der Waals surface area contributed by atoms with E-state index in [0.717, 1.165) is 18.9 Å². The van der Waals surface area contributed by atoms with E-state index in [-0.39, 0.29) is 12.1 Å². The van der Waals surface area contributed by atoms with E-state index < -0.39 is 5.60 Å². The first-order chi connectivity index (χ1) is 10.4. The third kappa shape index (κ3) is 5.33. The van der Waals surface area contributed by atoms with E-state index in [1.807, 2.05) is 33.2 Å². The number of nitrogens with one attached hydrogen (secondary N) is 2. The zero-order valence-corrected chi connectivity index (χ0v) is 14.1. The fraction of sp³-hybridized carbons (Fsp3) is 0.750. The van der Waals surface area contributed by atoms with Gasteiger partial charge in [-0.3, -0.25) is 0 Å². The van der Waals surface area contributed by atoms with Crippen LogP contribution in [0.4, 0.5) is 4.79 Å². The minimum absolute atomic E-state index is 0.125. The average Bonchev–Trinajstić information content (AvgIpc) is 3.15. The topological polar surface area (TPSA) is 68.2 Å². The Morgan fingerprint density at radius 1 is 1.50 bits per heavy atom. The molecule has 1 heterocycles. The number of aromatic nitrogens is 2. The highest BCUT2D eigenvalue weighted by Gasteiger charge is 2.33. The van der Waals surface area contributed by atoms with Crippen molar-refractivity contribution in [2.45, 2.75) is 65.3 Å². The number of amides is 1. The molecule has 0 bridgehead atoms. The number of imidazole rings is 1. The van der Waals surface area contributed by atoms with Crippen LogP contribution < -0.4 is 10.6 Å². The SMILES string of the molecule is CCn1ccnc1CNCC(NC(=O)OC(C)(C)C)C1CC1. The predicted molar refractivity (Wildman–Crippen MR) is 85.5 cm³/mol. The first-order valence-corrected chi connectivity index (χ1v) is 8.09. The van der Waals surface area contributed by atoms with Crippen LogP contribution in [0.25, 0.3) is 0 Å². The second-order valence-electron chi connectivity index (χ2n) is 6.85. The minimum atomic E-state index is -0.461. The lowest BCUT2D eigenvalue weighted by Gasteiger charge is -2.24. The van der Waals surface area contributed by atoms with Gasteiger partial charge in [0.05, 0.1) is 6.54 Å². The number of hydrogen-bond donors (Lipinski definition) is 2. The molecular weight excluding hydrogens is 280 g/mol. The van der Waals surface area contributed by atoms with Gasteiger partial charge in [0.2, 0.25) is 0 Å². The molecule has 1 aromatic heterocycles. The summed E-state index contributed by atoms with van der Waals surface area (Å²) in [6.07, 6.45) is 5.81. The Kier molecular flexibility index (Phi) is 5.45. The maximum atomic E-state index is 11.9. The van der Waals surface area contributed by atoms with Crippen molar-refractivity contribution in [1.82, 2.24) is 20.2 Å². The van der Waals surface area contributed by atoms with E-state index in [9.17, 15) is 4.79 Å². The molecule has 2 N–H and O–H groups in total. The summed E-state index contributed by atoms with van der Waals surface area (Å²) in [6.45, 7) is 10.1. The molecule has 1 atom stereocenters. The molecule has 0 aromatic carbocycles. The Balaban J connectivity index is 1.79. The number of hydrogen-bond acceptors (Lipinski definition) is 4. The molecule has 0 spiro atoms. The molecule has 22 heavy (non-hydrogen) atoms. The first-order valence-electron chi connectivity index (χ1n) is 8.09. The number of carbonyl (C=O) groups excluding carboxylic acids is 1. The number of nitrogens with zero attached hydrogens (tertiary/aromatic N) is 2. The van der Waals surface area contributed by atoms with Gasteiger partial charge in [0, 0.05) is 31.5 Å². The van der Waals surface area contributed by atoms with E-state index in [1.165, 1.54) is 12.8 Å². The molecule has 1 aliphatic rings. The highest BCUT2D eigenvalue weighted by atomic mass is 16.6. The molecule has 6 nitrogen and oxygen atoms in total. The first kappa shape index (κ1) is 16.8. The number of alkyl carbamates (subject to hydrolysis) is 1. The molecule has 1 aliphatic carbocycles. The molecule has 2 rings (SSSR count). The van der Waals surface area contributed by atoms with Gasteiger partial charge >= 0.3 is 6.09 Å². The Labute approximate surface area is 132 Å². The standard InChI is InChI=1S/C16H28N4O2/c1-5-20-9-8-18-14(20)11-17-10-13(12-6-7-12)19-15(21)22-16(2,3)4/h8-9,12-13,17H,5-7,10-11H2,1-4H3,(H,19,21). The van der Waals surface area contributed by atoms with Crippen molar-refractivity contribution >= 4 is 6.09 Å². The second-order valence-corrected chi connectivity index (χ2v) is 6.85. The quantitative estimate of drug-likeness (QED) is 0.811. The fourth-order valence-electron chi connectivity index (χ4n) is 2.43. The summed E-state index contributed by atoms with van der Waals surface area (Å²) in [6, 6.07) is 0.125. The Morgan fingerprint density at radius 2 is 2.23 bits per heavy atom. The molecule has 0 radical (unpaired) electrons. The van der Waals surface area contributed by atoms with Crippen molar-refractivity contribution in [3.63, 3.8) is 0 Å². The van der Waals surface area contributed by atoms with Gasteiger partial charge in [-0.1, -0.05) is 0 Å². The summed E-state index contributed by atoms with van der Waals surface area (Å²) in [5, 5.41) is 6.39. The highest BCUT2D eigenvalue weighted by molar-refractivity contribution is 5.68. The molecule has 1 unspecified atom stereocenters. The highest BCUT2D eigenvalue weighted by Crippen LogP contribution is 2.32. The summed E-state index contributed by atoms with van der Waals surface area (Å²) in [4.78, 5) is 16.3. The summed E-state index contributed by atoms with van der Waals surface area (Å²) in [5.41, 5.74) is -0.461. The second kappa shape index (κ2) is 7.13. The Bertz CT molecular complexity index is 489. The van der Waals surface area contributed by atoms with Crippen molar-refractivity contribution in [2.24, 2.45) is 5.92 Å². The van der Waals surface area contributed by atoms with Gasteiger partial charge in [-0.15, -0.1) is 0 Å². The van der Waals surface area contributed by atoms with E-state index in [1.54, 1.807) is 0 Å². The van der Waals surface area contributed by atoms with Crippen molar-refractivity contribution < 1.29 is 9.53 Å². The van der Waals surface area contributed by atoms with Gasteiger partial charge in [-0.25, -0.2) is 9.78 Å². The van der Waals surface area contributed by atoms with Gasteiger partial charge in [0.1, 0.15) is 11.4 Å². The largest absolute Gasteiger partial charge is 0.444 e. The number of rotatable bonds is 7. The maximum absolute atomic E-state index is 11.9. The Hall–Kier alpha value is -1.56. The van der Waals surface area contributed by atoms with E-state index >= 15 is 0 Å². The van der Waals surface area contributed by atoms with Crippen molar-refractivity contribution in [1.29, 1.82) is 0 Å². The van der Waals surface area contributed by atoms with Gasteiger partial charge in [-0.05, 0) is 46.5 Å². The van der Waals surface area contributed by atoms with Crippen molar-refractivity contribution in [2.75, 3.05) is 6.54 Å². The molecule has 1 aromatic rings. The zero-order valence-electron chi connectivity index (χ0n) is 14.1. The molecule has 1 saturated carbocycles. The summed E-state index contributed by atoms with van der Waals surface area (Å²) < 4.78 is 7.45. The van der Waals surface area contributed by atoms with Crippen LogP contribution in [0.3, 0.4) is 0 Å². The molecule has 0 aliphatic heterocycles. The molecule has 1 fully saturated rings. The van der Waals surface area contributed by atoms with Crippen LogP contribution in [0.15, 0.2) is 12.4 Å². The van der Waals surface area contributed by atoms with Crippen LogP contribution in [0.5, 0.6) is 0 Å². The van der Waals surface area contributed by atoms with Crippen LogP contribution in [0.1, 0.15) is 46.4 Å². The summed E-state index contributed by atoms with van der Waals surface area (Å²) in [5.74, 6) is 1.58. The lowest BCUT2D eigenvalue weighted by Crippen LogP contribution is -2.45. The Morgan fingerprint density at radius 3 is 2.82 bits per heavy atom. The third-order valence-corrected chi connectivity index (χ3v) is 3.68. The smallest absolute Gasteiger partial charge is 0.407 e. The van der Waals surface area contributed by atoms with Gasteiger partial charge in [-0.2, -0.15) is 0 Å². The van der Waals surface area contributed by atoms with Gasteiger partial charge < -0.3 is 19.9 Å². The number of aryl methyl sites for hydroxylation is 1. The normalized spacial score (nSPS) is 16.4. The van der Waals surface area contributed by atoms with E-state index in [2.05, 4.69) is 27.1 Å². The van der Waals surface area contributed by atoms with Crippen molar-refractivity contribution in [3.8, 4) is 0 Å². The minimum Gasteiger partial charge on any atom is -0.444 e. The summed E-state index contributed by atoms with van der Waals surface area (Å²) >= 11 is 0. The maximum Gasteiger partial charge on any atom is 0.407 e. The molecule has 124 valence electrons. The molecule has 6 heteroatoms. The summed E-state index contributed by atoms with van der Waals surface area (Å²) in [7, 11) is 0. The lowest BCUT2D eigenvalue weighted by molar-refractivity contribution is 0.0497. The predicted octanol–water partition coefficient (Wildman–Crippen LogP) is 2.30. The number of carbonyl (C=O) groups is 1. The van der Waals surface area contributed by atoms with Crippen LogP contribution in [-0.2, 0) is 17.8 Å². The molecule has 0 saturated heterocycles. The monoisotopic (exact) mass is 308 g/mol. The van der Waals surface area contributed by atoms with Crippen LogP contribution in [-0.4, -0.2) is 33.8 Å². The zero-order chi connectivity index (χ0) is 16.2.